The summed E-state index contributed by atoms with van der Waals surface area (Å²) < 4.78 is 6.16. The lowest BCUT2D eigenvalue weighted by molar-refractivity contribution is 0.0600. The van der Waals surface area contributed by atoms with Gasteiger partial charge < -0.3 is 10.1 Å². The number of hydrogen-bond donors (Lipinski definition) is 1. The minimum atomic E-state index is -0.537. The van der Waals surface area contributed by atoms with Crippen LogP contribution >= 0.6 is 22.9 Å². The maximum absolute atomic E-state index is 12.8. The number of fused-ring (bicyclic) bond motifs is 1. The molecule has 0 bridgehead atoms. The van der Waals surface area contributed by atoms with Crippen LogP contribution < -0.4 is 10.9 Å². The summed E-state index contributed by atoms with van der Waals surface area (Å²) in [4.78, 5) is 42.1. The van der Waals surface area contributed by atoms with Gasteiger partial charge in [0.1, 0.15) is 4.83 Å². The maximum atomic E-state index is 12.8. The van der Waals surface area contributed by atoms with E-state index in [1.54, 1.807) is 6.92 Å². The van der Waals surface area contributed by atoms with E-state index in [-0.39, 0.29) is 21.8 Å². The Morgan fingerprint density at radius 3 is 2.78 bits per heavy atom. The van der Waals surface area contributed by atoms with E-state index < -0.39 is 11.9 Å². The predicted octanol–water partition coefficient (Wildman–Crippen LogP) is 3.48. The molecule has 3 rings (SSSR count). The summed E-state index contributed by atoms with van der Waals surface area (Å²) in [7, 11) is 1.27. The number of anilines is 1. The molecular formula is C18H16ClN3O4S. The normalized spacial score (nSPS) is 10.8. The number of aromatic nitrogens is 2. The molecule has 2 aromatic heterocycles. The molecule has 1 N–H and O–H groups in total. The third kappa shape index (κ3) is 3.45. The van der Waals surface area contributed by atoms with Gasteiger partial charge in [0, 0.05) is 6.54 Å². The molecule has 0 radical (unpaired) electrons. The van der Waals surface area contributed by atoms with Crippen molar-refractivity contribution in [2.45, 2.75) is 20.4 Å². The van der Waals surface area contributed by atoms with Crippen molar-refractivity contribution in [2.75, 3.05) is 12.4 Å². The number of hydrogen-bond acceptors (Lipinski definition) is 6. The SMILES string of the molecule is CCn1cnc2sc(C(=O)Nc3cc(C(=O)OC)ccc3Cl)c(C)c2c1=O. The van der Waals surface area contributed by atoms with Crippen molar-refractivity contribution in [1.29, 1.82) is 0 Å². The molecule has 0 unspecified atom stereocenters. The van der Waals surface area contributed by atoms with E-state index >= 15 is 0 Å². The Kier molecular flexibility index (Phi) is 5.29. The van der Waals surface area contributed by atoms with Crippen LogP contribution in [-0.2, 0) is 11.3 Å². The summed E-state index contributed by atoms with van der Waals surface area (Å²) in [6.45, 7) is 4.05. The molecule has 140 valence electrons. The summed E-state index contributed by atoms with van der Waals surface area (Å²) in [6, 6.07) is 4.45. The summed E-state index contributed by atoms with van der Waals surface area (Å²) in [5, 5.41) is 3.40. The molecule has 0 spiro atoms. The molecule has 3 aromatic rings. The Morgan fingerprint density at radius 1 is 1.37 bits per heavy atom. The van der Waals surface area contributed by atoms with E-state index in [1.807, 2.05) is 6.92 Å². The Morgan fingerprint density at radius 2 is 2.11 bits per heavy atom. The number of ether oxygens (including phenoxy) is 1. The maximum Gasteiger partial charge on any atom is 0.337 e. The fraction of sp³-hybridized carbons (Fsp3) is 0.222. The van der Waals surface area contributed by atoms with Crippen molar-refractivity contribution in [3.05, 3.63) is 55.9 Å². The van der Waals surface area contributed by atoms with Crippen molar-refractivity contribution >= 4 is 50.7 Å². The highest BCUT2D eigenvalue weighted by Crippen LogP contribution is 2.29. The number of aryl methyl sites for hydroxylation is 2. The monoisotopic (exact) mass is 405 g/mol. The number of nitrogens with one attached hydrogen (secondary N) is 1. The number of benzene rings is 1. The number of carbonyl (C=O) groups is 2. The van der Waals surface area contributed by atoms with Crippen LogP contribution in [0.5, 0.6) is 0 Å². The molecule has 1 amide bonds. The molecule has 9 heteroatoms. The first-order valence-electron chi connectivity index (χ1n) is 8.05. The van der Waals surface area contributed by atoms with Crippen molar-refractivity contribution in [2.24, 2.45) is 0 Å². The Balaban J connectivity index is 2.00. The summed E-state index contributed by atoms with van der Waals surface area (Å²) in [6.07, 6.45) is 1.47. The zero-order valence-electron chi connectivity index (χ0n) is 14.8. The Hall–Kier alpha value is -2.71. The number of carbonyl (C=O) groups excluding carboxylic acids is 2. The fourth-order valence-electron chi connectivity index (χ4n) is 2.65. The van der Waals surface area contributed by atoms with Crippen LogP contribution in [0.4, 0.5) is 5.69 Å². The molecule has 2 heterocycles. The van der Waals surface area contributed by atoms with Crippen molar-refractivity contribution in [1.82, 2.24) is 9.55 Å². The quantitative estimate of drug-likeness (QED) is 0.671. The molecule has 0 fully saturated rings. The van der Waals surface area contributed by atoms with Gasteiger partial charge in [0.15, 0.2) is 0 Å². The Bertz CT molecular complexity index is 1120. The van der Waals surface area contributed by atoms with Gasteiger partial charge in [-0.1, -0.05) is 11.6 Å². The lowest BCUT2D eigenvalue weighted by Gasteiger charge is -2.08. The number of rotatable bonds is 4. The van der Waals surface area contributed by atoms with Gasteiger partial charge in [0.2, 0.25) is 0 Å². The molecule has 0 atom stereocenters. The molecule has 7 nitrogen and oxygen atoms in total. The predicted molar refractivity (Wildman–Crippen MR) is 105 cm³/mol. The molecule has 0 aliphatic rings. The smallest absolute Gasteiger partial charge is 0.337 e. The van der Waals surface area contributed by atoms with Crippen LogP contribution in [0.15, 0.2) is 29.3 Å². The van der Waals surface area contributed by atoms with E-state index in [1.165, 1.54) is 36.2 Å². The molecule has 0 saturated heterocycles. The summed E-state index contributed by atoms with van der Waals surface area (Å²) in [5.74, 6) is -0.966. The number of esters is 1. The van der Waals surface area contributed by atoms with Gasteiger partial charge in [-0.25, -0.2) is 9.78 Å². The van der Waals surface area contributed by atoms with Gasteiger partial charge in [0.05, 0.1) is 40.0 Å². The number of nitrogens with zero attached hydrogens (tertiary/aromatic N) is 2. The third-order valence-corrected chi connectivity index (χ3v) is 5.63. The minimum absolute atomic E-state index is 0.180. The lowest BCUT2D eigenvalue weighted by atomic mass is 10.2. The summed E-state index contributed by atoms with van der Waals surface area (Å²) >= 11 is 7.26. The van der Waals surface area contributed by atoms with E-state index in [4.69, 9.17) is 11.6 Å². The zero-order valence-corrected chi connectivity index (χ0v) is 16.4. The van der Waals surface area contributed by atoms with Gasteiger partial charge in [-0.05, 0) is 37.6 Å². The van der Waals surface area contributed by atoms with Gasteiger partial charge in [-0.15, -0.1) is 11.3 Å². The Labute approximate surface area is 163 Å². The van der Waals surface area contributed by atoms with Gasteiger partial charge in [-0.3, -0.25) is 14.2 Å². The van der Waals surface area contributed by atoms with E-state index in [2.05, 4.69) is 15.0 Å². The van der Waals surface area contributed by atoms with Gasteiger partial charge in [0.25, 0.3) is 11.5 Å². The second-order valence-corrected chi connectivity index (χ2v) is 7.12. The first-order chi connectivity index (χ1) is 12.9. The minimum Gasteiger partial charge on any atom is -0.465 e. The van der Waals surface area contributed by atoms with Crippen molar-refractivity contribution in [3.63, 3.8) is 0 Å². The second kappa shape index (κ2) is 7.50. The molecule has 1 aromatic carbocycles. The molecule has 0 saturated carbocycles. The topological polar surface area (TPSA) is 90.3 Å². The zero-order chi connectivity index (χ0) is 19.7. The van der Waals surface area contributed by atoms with Crippen LogP contribution in [0.2, 0.25) is 5.02 Å². The average molecular weight is 406 g/mol. The van der Waals surface area contributed by atoms with Crippen molar-refractivity contribution < 1.29 is 14.3 Å². The van der Waals surface area contributed by atoms with Crippen molar-refractivity contribution in [3.8, 4) is 0 Å². The number of halogens is 1. The fourth-order valence-corrected chi connectivity index (χ4v) is 3.85. The lowest BCUT2D eigenvalue weighted by Crippen LogP contribution is -2.19. The molecule has 27 heavy (non-hydrogen) atoms. The van der Waals surface area contributed by atoms with E-state index in [0.717, 1.165) is 11.3 Å². The highest BCUT2D eigenvalue weighted by Gasteiger charge is 2.20. The first kappa shape index (κ1) is 19.1. The molecule has 0 aliphatic heterocycles. The standard InChI is InChI=1S/C18H16ClN3O4S/c1-4-22-8-20-16-13(17(22)24)9(2)14(27-16)15(23)21-12-7-10(18(25)26-3)5-6-11(12)19/h5-8H,4H2,1-3H3,(H,21,23). The largest absolute Gasteiger partial charge is 0.465 e. The van der Waals surface area contributed by atoms with Crippen LogP contribution in [0.1, 0.15) is 32.5 Å². The highest BCUT2D eigenvalue weighted by atomic mass is 35.5. The number of methoxy groups -OCH3 is 1. The van der Waals surface area contributed by atoms with Gasteiger partial charge in [-0.2, -0.15) is 0 Å². The number of thiophene rings is 1. The summed E-state index contributed by atoms with van der Waals surface area (Å²) in [5.41, 5.74) is 0.923. The van der Waals surface area contributed by atoms with Gasteiger partial charge >= 0.3 is 5.97 Å². The highest BCUT2D eigenvalue weighted by molar-refractivity contribution is 7.20. The number of amides is 1. The second-order valence-electron chi connectivity index (χ2n) is 5.71. The van der Waals surface area contributed by atoms with Crippen LogP contribution in [0, 0.1) is 6.92 Å². The third-order valence-electron chi connectivity index (χ3n) is 4.10. The molecule has 0 aliphatic carbocycles. The molecular weight excluding hydrogens is 390 g/mol. The van der Waals surface area contributed by atoms with Crippen LogP contribution in [0.3, 0.4) is 0 Å². The van der Waals surface area contributed by atoms with E-state index in [0.29, 0.717) is 27.2 Å². The first-order valence-corrected chi connectivity index (χ1v) is 9.24. The van der Waals surface area contributed by atoms with E-state index in [9.17, 15) is 14.4 Å². The average Bonchev–Trinajstić information content (AvgIpc) is 3.00. The van der Waals surface area contributed by atoms with Crippen LogP contribution in [0.25, 0.3) is 10.2 Å². The van der Waals surface area contributed by atoms with Crippen LogP contribution in [-0.4, -0.2) is 28.5 Å².